The maximum Gasteiger partial charge on any atom is 0.267 e. The molecule has 0 bridgehead atoms. The highest BCUT2D eigenvalue weighted by Gasteiger charge is 2.22. The van der Waals surface area contributed by atoms with E-state index < -0.39 is 5.56 Å². The molecule has 3 aromatic heterocycles. The molecule has 0 aliphatic carbocycles. The Balaban J connectivity index is 1.54. The minimum Gasteiger partial charge on any atom is -0.506 e. The zero-order chi connectivity index (χ0) is 21.4. The molecule has 0 spiro atoms. The van der Waals surface area contributed by atoms with Gasteiger partial charge in [0.25, 0.3) is 11.4 Å². The van der Waals surface area contributed by atoms with Crippen molar-refractivity contribution in [2.75, 3.05) is 6.26 Å². The smallest absolute Gasteiger partial charge is 0.267 e. The highest BCUT2D eigenvalue weighted by Crippen LogP contribution is 2.32. The summed E-state index contributed by atoms with van der Waals surface area (Å²) in [5.41, 5.74) is 1.58. The maximum absolute atomic E-state index is 12.8. The van der Waals surface area contributed by atoms with Crippen LogP contribution in [0.4, 0.5) is 0 Å². The van der Waals surface area contributed by atoms with Gasteiger partial charge in [-0.3, -0.25) is 4.79 Å². The molecular weight excluding hydrogens is 414 g/mol. The lowest BCUT2D eigenvalue weighted by Crippen LogP contribution is -2.12. The number of nitrogens with zero attached hydrogens (tertiary/aromatic N) is 4. The standard InChI is InChI=1S/C22H17N5O3S/c1-31-15-9-7-14(8-10-15)19-24-22(30-26-19)17-18(28)16-11-23-27(20(16)25-21(17)29)12-13-5-3-2-4-6-13/h2-11H,12H2,1H3,(H2,25,28,29). The van der Waals surface area contributed by atoms with E-state index in [9.17, 15) is 9.90 Å². The largest absolute Gasteiger partial charge is 0.506 e. The van der Waals surface area contributed by atoms with Crippen LogP contribution in [0.5, 0.6) is 5.75 Å². The molecule has 0 radical (unpaired) electrons. The van der Waals surface area contributed by atoms with Crippen LogP contribution < -0.4 is 5.56 Å². The molecule has 0 unspecified atom stereocenters. The van der Waals surface area contributed by atoms with Crippen molar-refractivity contribution in [2.45, 2.75) is 11.4 Å². The third-order valence-corrected chi connectivity index (χ3v) is 5.70. The molecule has 5 rings (SSSR count). The van der Waals surface area contributed by atoms with E-state index >= 15 is 0 Å². The van der Waals surface area contributed by atoms with Crippen LogP contribution in [0.15, 0.2) is 75.0 Å². The summed E-state index contributed by atoms with van der Waals surface area (Å²) < 4.78 is 6.93. The molecule has 0 aliphatic heterocycles. The van der Waals surface area contributed by atoms with E-state index in [0.717, 1.165) is 16.0 Å². The van der Waals surface area contributed by atoms with Crippen LogP contribution in [0.1, 0.15) is 5.56 Å². The second kappa shape index (κ2) is 7.77. The van der Waals surface area contributed by atoms with Crippen molar-refractivity contribution < 1.29 is 9.63 Å². The number of fused-ring (bicyclic) bond motifs is 1. The van der Waals surface area contributed by atoms with Crippen molar-refractivity contribution in [2.24, 2.45) is 0 Å². The van der Waals surface area contributed by atoms with Gasteiger partial charge in [-0.2, -0.15) is 10.1 Å². The number of hydrogen-bond donors (Lipinski definition) is 2. The molecule has 2 aromatic carbocycles. The highest BCUT2D eigenvalue weighted by atomic mass is 32.2. The normalized spacial score (nSPS) is 11.3. The van der Waals surface area contributed by atoms with E-state index in [1.807, 2.05) is 60.9 Å². The molecule has 0 saturated carbocycles. The van der Waals surface area contributed by atoms with E-state index in [0.29, 0.717) is 23.4 Å². The summed E-state index contributed by atoms with van der Waals surface area (Å²) in [7, 11) is 0. The number of benzene rings is 2. The lowest BCUT2D eigenvalue weighted by molar-refractivity contribution is 0.426. The number of aromatic nitrogens is 5. The molecule has 8 nitrogen and oxygen atoms in total. The summed E-state index contributed by atoms with van der Waals surface area (Å²) in [6, 6.07) is 17.4. The van der Waals surface area contributed by atoms with Crippen molar-refractivity contribution in [3.05, 3.63) is 76.7 Å². The van der Waals surface area contributed by atoms with Crippen molar-refractivity contribution in [3.63, 3.8) is 0 Å². The molecule has 3 heterocycles. The Hall–Kier alpha value is -3.85. The predicted molar refractivity (Wildman–Crippen MR) is 118 cm³/mol. The van der Waals surface area contributed by atoms with Gasteiger partial charge in [0.2, 0.25) is 5.82 Å². The summed E-state index contributed by atoms with van der Waals surface area (Å²) in [4.78, 5) is 21.0. The van der Waals surface area contributed by atoms with Crippen molar-refractivity contribution in [1.29, 1.82) is 0 Å². The molecule has 9 heteroatoms. The number of H-pyrrole nitrogens is 1. The minimum absolute atomic E-state index is 0.0552. The van der Waals surface area contributed by atoms with Crippen molar-refractivity contribution in [1.82, 2.24) is 24.9 Å². The Morgan fingerprint density at radius 3 is 2.65 bits per heavy atom. The fourth-order valence-corrected chi connectivity index (χ4v) is 3.77. The van der Waals surface area contributed by atoms with Gasteiger partial charge in [0.15, 0.2) is 0 Å². The zero-order valence-electron chi connectivity index (χ0n) is 16.4. The van der Waals surface area contributed by atoms with E-state index in [-0.39, 0.29) is 17.2 Å². The first-order valence-electron chi connectivity index (χ1n) is 9.47. The SMILES string of the molecule is CSc1ccc(-c2noc(-c3c(O)c4cnn(Cc5ccccc5)c4[nH]c3=O)n2)cc1. The van der Waals surface area contributed by atoms with E-state index in [2.05, 4.69) is 20.2 Å². The van der Waals surface area contributed by atoms with E-state index in [4.69, 9.17) is 4.52 Å². The minimum atomic E-state index is -0.534. The van der Waals surface area contributed by atoms with Gasteiger partial charge in [0.1, 0.15) is 17.0 Å². The van der Waals surface area contributed by atoms with Crippen LogP contribution >= 0.6 is 11.8 Å². The summed E-state index contributed by atoms with van der Waals surface area (Å²) in [5, 5.41) is 19.5. The summed E-state index contributed by atoms with van der Waals surface area (Å²) in [6.07, 6.45) is 3.50. The molecule has 0 fully saturated rings. The second-order valence-electron chi connectivity index (χ2n) is 6.88. The third kappa shape index (κ3) is 3.49. The third-order valence-electron chi connectivity index (χ3n) is 4.95. The molecule has 2 N–H and O–H groups in total. The van der Waals surface area contributed by atoms with Crippen LogP contribution in [0.25, 0.3) is 33.9 Å². The van der Waals surface area contributed by atoms with Crippen LogP contribution in [0.3, 0.4) is 0 Å². The van der Waals surface area contributed by atoms with Crippen LogP contribution in [0.2, 0.25) is 0 Å². The molecule has 0 atom stereocenters. The van der Waals surface area contributed by atoms with Gasteiger partial charge >= 0.3 is 0 Å². The van der Waals surface area contributed by atoms with Gasteiger partial charge in [0, 0.05) is 10.5 Å². The van der Waals surface area contributed by atoms with E-state index in [1.54, 1.807) is 16.4 Å². The first kappa shape index (κ1) is 19.1. The van der Waals surface area contributed by atoms with E-state index in [1.165, 1.54) is 6.20 Å². The van der Waals surface area contributed by atoms with Crippen LogP contribution in [0, 0.1) is 0 Å². The summed E-state index contributed by atoms with van der Waals surface area (Å²) in [6.45, 7) is 0.454. The fourth-order valence-electron chi connectivity index (χ4n) is 3.36. The number of hydrogen-bond acceptors (Lipinski definition) is 7. The molecule has 0 aliphatic rings. The monoisotopic (exact) mass is 431 g/mol. The number of pyridine rings is 1. The number of aromatic amines is 1. The van der Waals surface area contributed by atoms with Gasteiger partial charge < -0.3 is 14.6 Å². The predicted octanol–water partition coefficient (Wildman–Crippen LogP) is 3.92. The van der Waals surface area contributed by atoms with Gasteiger partial charge in [-0.1, -0.05) is 35.5 Å². The molecule has 154 valence electrons. The Kier molecular flexibility index (Phi) is 4.79. The Bertz CT molecular complexity index is 1420. The summed E-state index contributed by atoms with van der Waals surface area (Å²) in [5.74, 6) is 0.0349. The molecule has 0 saturated heterocycles. The lowest BCUT2D eigenvalue weighted by Gasteiger charge is -2.05. The Morgan fingerprint density at radius 1 is 1.13 bits per heavy atom. The molecule has 0 amide bonds. The molecular formula is C22H17N5O3S. The maximum atomic E-state index is 12.8. The Morgan fingerprint density at radius 2 is 1.90 bits per heavy atom. The first-order chi connectivity index (χ1) is 15.1. The van der Waals surface area contributed by atoms with Gasteiger partial charge in [0.05, 0.1) is 18.1 Å². The number of aromatic hydroxyl groups is 1. The second-order valence-corrected chi connectivity index (χ2v) is 7.76. The fraction of sp³-hybridized carbons (Fsp3) is 0.0909. The number of nitrogens with one attached hydrogen (secondary N) is 1. The lowest BCUT2D eigenvalue weighted by atomic mass is 10.2. The Labute approximate surface area is 180 Å². The quantitative estimate of drug-likeness (QED) is 0.406. The van der Waals surface area contributed by atoms with Gasteiger partial charge in [-0.05, 0) is 36.1 Å². The van der Waals surface area contributed by atoms with Gasteiger partial charge in [-0.15, -0.1) is 11.8 Å². The average Bonchev–Trinajstić information content (AvgIpc) is 3.43. The first-order valence-corrected chi connectivity index (χ1v) is 10.7. The zero-order valence-corrected chi connectivity index (χ0v) is 17.3. The highest BCUT2D eigenvalue weighted by molar-refractivity contribution is 7.98. The number of thioether (sulfide) groups is 1. The topological polar surface area (TPSA) is 110 Å². The molecule has 31 heavy (non-hydrogen) atoms. The van der Waals surface area contributed by atoms with Crippen molar-refractivity contribution >= 4 is 22.8 Å². The molecule has 5 aromatic rings. The van der Waals surface area contributed by atoms with Crippen LogP contribution in [-0.4, -0.2) is 36.3 Å². The summed E-state index contributed by atoms with van der Waals surface area (Å²) >= 11 is 1.63. The number of rotatable bonds is 5. The average molecular weight is 431 g/mol. The van der Waals surface area contributed by atoms with Crippen LogP contribution in [-0.2, 0) is 6.54 Å². The van der Waals surface area contributed by atoms with Crippen molar-refractivity contribution in [3.8, 4) is 28.6 Å². The van der Waals surface area contributed by atoms with Gasteiger partial charge in [-0.25, -0.2) is 4.68 Å².